The molecule has 1 aromatic carbocycles. The number of Topliss-reactive ketones (excluding diaryl/α,β-unsaturated/α-hetero) is 1. The molecule has 2 N–H and O–H groups in total. The molecule has 6 nitrogen and oxygen atoms in total. The summed E-state index contributed by atoms with van der Waals surface area (Å²) >= 11 is 0. The number of hydrogen-bond donors (Lipinski definition) is 2. The Morgan fingerprint density at radius 3 is 2.19 bits per heavy atom. The van der Waals surface area contributed by atoms with Gasteiger partial charge in [0.25, 0.3) is 0 Å². The van der Waals surface area contributed by atoms with Gasteiger partial charge in [-0.05, 0) is 24.3 Å². The molecule has 1 amide bonds. The Balaban J connectivity index is 2.55. The number of carboxylic acid groups (broad SMARTS) is 1. The van der Waals surface area contributed by atoms with Crippen molar-refractivity contribution < 1.29 is 37.4 Å². The number of carboxylic acids is 1. The molecule has 0 unspecified atom stereocenters. The lowest BCUT2D eigenvalue weighted by Gasteiger charge is -2.08. The van der Waals surface area contributed by atoms with Crippen LogP contribution in [0.1, 0.15) is 10.4 Å². The molecule has 1 aromatic rings. The molecule has 9 heteroatoms. The number of benzene rings is 1. The van der Waals surface area contributed by atoms with Crippen LogP contribution in [0.15, 0.2) is 24.3 Å². The highest BCUT2D eigenvalue weighted by Crippen LogP contribution is 2.15. The van der Waals surface area contributed by atoms with E-state index in [9.17, 15) is 27.6 Å². The van der Waals surface area contributed by atoms with E-state index < -0.39 is 37.0 Å². The van der Waals surface area contributed by atoms with Gasteiger partial charge in [-0.15, -0.1) is 0 Å². The van der Waals surface area contributed by atoms with E-state index in [0.717, 1.165) is 0 Å². The van der Waals surface area contributed by atoms with Gasteiger partial charge >= 0.3 is 18.1 Å². The summed E-state index contributed by atoms with van der Waals surface area (Å²) in [6, 6.07) is 5.09. The quantitative estimate of drug-likeness (QED) is 0.765. The average Bonchev–Trinajstić information content (AvgIpc) is 2.41. The van der Waals surface area contributed by atoms with Crippen LogP contribution in [0.4, 0.5) is 13.2 Å². The van der Waals surface area contributed by atoms with Crippen molar-refractivity contribution in [2.45, 2.75) is 6.18 Å². The number of ketones is 1. The van der Waals surface area contributed by atoms with Crippen LogP contribution >= 0.6 is 0 Å². The van der Waals surface area contributed by atoms with Crippen LogP contribution in [-0.4, -0.2) is 42.1 Å². The first-order valence-electron chi connectivity index (χ1n) is 5.53. The van der Waals surface area contributed by atoms with Crippen molar-refractivity contribution in [2.75, 3.05) is 13.2 Å². The molecule has 114 valence electrons. The van der Waals surface area contributed by atoms with E-state index >= 15 is 0 Å². The summed E-state index contributed by atoms with van der Waals surface area (Å²) < 4.78 is 40.6. The van der Waals surface area contributed by atoms with Gasteiger partial charge in [0.1, 0.15) is 5.75 Å². The summed E-state index contributed by atoms with van der Waals surface area (Å²) in [5.41, 5.74) is 0.0557. The van der Waals surface area contributed by atoms with Crippen LogP contribution < -0.4 is 10.1 Å². The topological polar surface area (TPSA) is 92.7 Å². The fourth-order valence-corrected chi connectivity index (χ4v) is 1.24. The lowest BCUT2D eigenvalue weighted by atomic mass is 10.1. The maximum absolute atomic E-state index is 11.9. The molecule has 0 fully saturated rings. The first kappa shape index (κ1) is 16.5. The van der Waals surface area contributed by atoms with Crippen LogP contribution in [0, 0.1) is 0 Å². The summed E-state index contributed by atoms with van der Waals surface area (Å²) in [5, 5.41) is 9.85. The highest BCUT2D eigenvalue weighted by atomic mass is 19.4. The van der Waals surface area contributed by atoms with E-state index in [4.69, 9.17) is 9.84 Å². The average molecular weight is 305 g/mol. The number of rotatable bonds is 6. The monoisotopic (exact) mass is 305 g/mol. The number of carbonyl (C=O) groups is 3. The van der Waals surface area contributed by atoms with Crippen molar-refractivity contribution in [1.29, 1.82) is 0 Å². The molecule has 0 saturated heterocycles. The van der Waals surface area contributed by atoms with Crippen LogP contribution in [0.2, 0.25) is 0 Å². The maximum Gasteiger partial charge on any atom is 0.471 e. The van der Waals surface area contributed by atoms with Gasteiger partial charge in [0, 0.05) is 5.56 Å². The van der Waals surface area contributed by atoms with Gasteiger partial charge in [0.05, 0.1) is 6.54 Å². The van der Waals surface area contributed by atoms with Crippen LogP contribution in [0.25, 0.3) is 0 Å². The molecule has 0 aliphatic carbocycles. The second-order valence-electron chi connectivity index (χ2n) is 3.81. The zero-order valence-electron chi connectivity index (χ0n) is 10.4. The minimum absolute atomic E-state index is 0.0557. The normalized spacial score (nSPS) is 10.8. The number of ether oxygens (including phenoxy) is 1. The Morgan fingerprint density at radius 1 is 1.14 bits per heavy atom. The summed E-state index contributed by atoms with van der Waals surface area (Å²) in [4.78, 5) is 32.3. The van der Waals surface area contributed by atoms with Gasteiger partial charge in [0.15, 0.2) is 12.4 Å². The molecule has 0 saturated carbocycles. The molecule has 0 aliphatic rings. The Morgan fingerprint density at radius 2 is 1.71 bits per heavy atom. The number of amides is 1. The van der Waals surface area contributed by atoms with Gasteiger partial charge in [-0.25, -0.2) is 4.79 Å². The summed E-state index contributed by atoms with van der Waals surface area (Å²) in [6.45, 7) is -1.36. The van der Waals surface area contributed by atoms with Gasteiger partial charge < -0.3 is 15.2 Å². The molecular formula is C12H10F3NO5. The number of halogens is 3. The van der Waals surface area contributed by atoms with Gasteiger partial charge in [-0.3, -0.25) is 9.59 Å². The summed E-state index contributed by atoms with van der Waals surface area (Å²) in [5.74, 6) is -3.91. The third kappa shape index (κ3) is 5.51. The third-order valence-electron chi connectivity index (χ3n) is 2.21. The highest BCUT2D eigenvalue weighted by molar-refractivity contribution is 5.99. The molecule has 0 atom stereocenters. The highest BCUT2D eigenvalue weighted by Gasteiger charge is 2.38. The Bertz CT molecular complexity index is 539. The predicted molar refractivity (Wildman–Crippen MR) is 63.0 cm³/mol. The second-order valence-corrected chi connectivity index (χ2v) is 3.81. The van der Waals surface area contributed by atoms with E-state index in [2.05, 4.69) is 0 Å². The van der Waals surface area contributed by atoms with Gasteiger partial charge in [-0.1, -0.05) is 0 Å². The van der Waals surface area contributed by atoms with Crippen molar-refractivity contribution in [2.24, 2.45) is 0 Å². The van der Waals surface area contributed by atoms with Crippen LogP contribution in [0.5, 0.6) is 5.75 Å². The van der Waals surface area contributed by atoms with Gasteiger partial charge in [-0.2, -0.15) is 13.2 Å². The van der Waals surface area contributed by atoms with E-state index in [0.29, 0.717) is 0 Å². The van der Waals surface area contributed by atoms with Gasteiger partial charge in [0.2, 0.25) is 0 Å². The van der Waals surface area contributed by atoms with Crippen LogP contribution in [-0.2, 0) is 9.59 Å². The van der Waals surface area contributed by atoms with Crippen molar-refractivity contribution >= 4 is 17.7 Å². The van der Waals surface area contributed by atoms with E-state index in [-0.39, 0.29) is 11.3 Å². The minimum Gasteiger partial charge on any atom is -0.482 e. The van der Waals surface area contributed by atoms with Crippen molar-refractivity contribution in [3.05, 3.63) is 29.8 Å². The molecule has 1 rings (SSSR count). The third-order valence-corrected chi connectivity index (χ3v) is 2.21. The van der Waals surface area contributed by atoms with E-state index in [1.165, 1.54) is 29.6 Å². The Labute approximate surface area is 116 Å². The number of aliphatic carboxylic acids is 1. The SMILES string of the molecule is O=C(O)COc1ccc(C(=O)CNC(=O)C(F)(F)F)cc1. The molecule has 0 heterocycles. The van der Waals surface area contributed by atoms with Crippen molar-refractivity contribution in [3.8, 4) is 5.75 Å². The molecule has 0 bridgehead atoms. The lowest BCUT2D eigenvalue weighted by Crippen LogP contribution is -2.39. The van der Waals surface area contributed by atoms with E-state index in [1.807, 2.05) is 0 Å². The van der Waals surface area contributed by atoms with Crippen molar-refractivity contribution in [1.82, 2.24) is 5.32 Å². The number of alkyl halides is 3. The largest absolute Gasteiger partial charge is 0.482 e. The molecule has 0 aliphatic heterocycles. The smallest absolute Gasteiger partial charge is 0.471 e. The first-order chi connectivity index (χ1) is 9.70. The van der Waals surface area contributed by atoms with Crippen molar-refractivity contribution in [3.63, 3.8) is 0 Å². The maximum atomic E-state index is 11.9. The molecule has 0 radical (unpaired) electrons. The molecule has 0 spiro atoms. The predicted octanol–water partition coefficient (Wildman–Crippen LogP) is 1.01. The zero-order valence-corrected chi connectivity index (χ0v) is 10.4. The molecule has 21 heavy (non-hydrogen) atoms. The zero-order chi connectivity index (χ0) is 16.0. The fraction of sp³-hybridized carbons (Fsp3) is 0.250. The first-order valence-corrected chi connectivity index (χ1v) is 5.53. The summed E-state index contributed by atoms with van der Waals surface area (Å²) in [7, 11) is 0. The van der Waals surface area contributed by atoms with E-state index in [1.54, 1.807) is 0 Å². The lowest BCUT2D eigenvalue weighted by molar-refractivity contribution is -0.173. The summed E-state index contributed by atoms with van der Waals surface area (Å²) in [6.07, 6.45) is -5.05. The number of carbonyl (C=O) groups excluding carboxylic acids is 2. The Kier molecular flexibility index (Phi) is 5.28. The second kappa shape index (κ2) is 6.73. The molecular weight excluding hydrogens is 295 g/mol. The minimum atomic E-state index is -5.05. The Hall–Kier alpha value is -2.58. The van der Waals surface area contributed by atoms with Crippen LogP contribution in [0.3, 0.4) is 0 Å². The standard InChI is InChI=1S/C12H10F3NO5/c13-12(14,15)11(20)16-5-9(17)7-1-3-8(4-2-7)21-6-10(18)19/h1-4H,5-6H2,(H,16,20)(H,18,19). The molecule has 0 aromatic heterocycles. The fourth-order valence-electron chi connectivity index (χ4n) is 1.24. The number of nitrogens with one attached hydrogen (secondary N) is 1. The number of hydrogen-bond acceptors (Lipinski definition) is 4.